The molecule has 0 spiro atoms. The molecule has 6 rings (SSSR count). The molecule has 4 aliphatic rings. The molecule has 3 saturated carbocycles. The minimum atomic E-state index is -1.66. The van der Waals surface area contributed by atoms with Gasteiger partial charge in [-0.15, -0.1) is 0 Å². The van der Waals surface area contributed by atoms with E-state index in [0.29, 0.717) is 23.7 Å². The van der Waals surface area contributed by atoms with Gasteiger partial charge in [0.15, 0.2) is 5.78 Å². The van der Waals surface area contributed by atoms with E-state index in [1.165, 1.54) is 23.4 Å². The van der Waals surface area contributed by atoms with E-state index in [9.17, 15) is 24.7 Å². The van der Waals surface area contributed by atoms with Crippen molar-refractivity contribution < 1.29 is 34.4 Å². The Balaban J connectivity index is 1.27. The third-order valence-corrected chi connectivity index (χ3v) is 11.6. The first kappa shape index (κ1) is 27.8. The zero-order chi connectivity index (χ0) is 29.0. The third-order valence-electron chi connectivity index (χ3n) is 10.5. The predicted molar refractivity (Wildman–Crippen MR) is 152 cm³/mol. The number of carbonyl (C=O) groups is 3. The highest BCUT2D eigenvalue weighted by Crippen LogP contribution is 2.68. The quantitative estimate of drug-likeness (QED) is 0.229. The minimum absolute atomic E-state index is 0.0341. The highest BCUT2D eigenvalue weighted by atomic mass is 32.2. The molecule has 2 aromatic carbocycles. The summed E-state index contributed by atoms with van der Waals surface area (Å²) in [4.78, 5) is 44.8. The first-order valence-corrected chi connectivity index (χ1v) is 15.0. The zero-order valence-corrected chi connectivity index (χ0v) is 24.0. The highest BCUT2D eigenvalue weighted by molar-refractivity contribution is 7.99. The number of benzene rings is 2. The molecule has 0 radical (unpaired) electrons. The lowest BCUT2D eigenvalue weighted by Crippen LogP contribution is -2.59. The Morgan fingerprint density at radius 1 is 1.00 bits per heavy atom. The van der Waals surface area contributed by atoms with Gasteiger partial charge in [-0.3, -0.25) is 9.68 Å². The Kier molecular flexibility index (Phi) is 6.90. The van der Waals surface area contributed by atoms with Gasteiger partial charge in [0.2, 0.25) is 5.60 Å². The summed E-state index contributed by atoms with van der Waals surface area (Å²) in [5.74, 6) is -1.11. The Morgan fingerprint density at radius 2 is 1.76 bits per heavy atom. The molecule has 0 amide bonds. The number of ether oxygens (including phenoxy) is 1. The van der Waals surface area contributed by atoms with Crippen LogP contribution < -0.4 is 0 Å². The van der Waals surface area contributed by atoms with E-state index in [1.54, 1.807) is 24.3 Å². The smallest absolute Gasteiger partial charge is 0.385 e. The van der Waals surface area contributed by atoms with Crippen molar-refractivity contribution in [3.8, 4) is 5.75 Å². The van der Waals surface area contributed by atoms with Crippen LogP contribution in [0.2, 0.25) is 0 Å². The van der Waals surface area contributed by atoms with Crippen LogP contribution in [-0.2, 0) is 19.2 Å². The van der Waals surface area contributed by atoms with Gasteiger partial charge in [-0.05, 0) is 98.8 Å². The van der Waals surface area contributed by atoms with Gasteiger partial charge in [-0.25, -0.2) is 9.59 Å². The van der Waals surface area contributed by atoms with E-state index in [1.807, 2.05) is 37.3 Å². The fraction of sp³-hybridized carbons (Fsp3) is 0.424. The lowest BCUT2D eigenvalue weighted by molar-refractivity contribution is -0.262. The fourth-order valence-corrected chi connectivity index (χ4v) is 9.22. The number of rotatable bonds is 5. The maximum atomic E-state index is 13.5. The molecule has 0 bridgehead atoms. The summed E-state index contributed by atoms with van der Waals surface area (Å²) in [6.45, 7) is 4.19. The van der Waals surface area contributed by atoms with Crippen LogP contribution in [-0.4, -0.2) is 33.7 Å². The van der Waals surface area contributed by atoms with Crippen molar-refractivity contribution in [3.05, 3.63) is 77.9 Å². The number of hydrogen-bond acceptors (Lipinski definition) is 8. The number of phenols is 1. The van der Waals surface area contributed by atoms with E-state index in [0.717, 1.165) is 24.2 Å². The Bertz CT molecular complexity index is 1470. The summed E-state index contributed by atoms with van der Waals surface area (Å²) >= 11 is 1.37. The third kappa shape index (κ3) is 4.34. The van der Waals surface area contributed by atoms with Crippen molar-refractivity contribution in [2.75, 3.05) is 0 Å². The van der Waals surface area contributed by atoms with Crippen LogP contribution in [0.3, 0.4) is 0 Å². The lowest BCUT2D eigenvalue weighted by Gasteiger charge is -2.57. The summed E-state index contributed by atoms with van der Waals surface area (Å²) in [7, 11) is 0. The van der Waals surface area contributed by atoms with Crippen LogP contribution in [0.1, 0.15) is 62.7 Å². The second-order valence-electron chi connectivity index (χ2n) is 12.3. The molecule has 0 saturated heterocycles. The lowest BCUT2D eigenvalue weighted by atomic mass is 9.47. The Morgan fingerprint density at radius 3 is 2.49 bits per heavy atom. The molecular weight excluding hydrogens is 540 g/mol. The number of carbonyl (C=O) groups excluding carboxylic acids is 3. The van der Waals surface area contributed by atoms with E-state index >= 15 is 0 Å². The Labute approximate surface area is 243 Å². The van der Waals surface area contributed by atoms with Gasteiger partial charge in [0.25, 0.3) is 0 Å². The van der Waals surface area contributed by atoms with Gasteiger partial charge >= 0.3 is 11.9 Å². The number of aromatic hydroxyl groups is 1. The molecule has 0 aromatic heterocycles. The van der Waals surface area contributed by atoms with Gasteiger partial charge in [0, 0.05) is 15.7 Å². The second-order valence-corrected chi connectivity index (χ2v) is 13.4. The maximum Gasteiger partial charge on any atom is 0.385 e. The van der Waals surface area contributed by atoms with Crippen molar-refractivity contribution in [3.63, 3.8) is 0 Å². The monoisotopic (exact) mass is 574 g/mol. The van der Waals surface area contributed by atoms with Crippen molar-refractivity contribution in [1.82, 2.24) is 0 Å². The van der Waals surface area contributed by atoms with Gasteiger partial charge in [0.05, 0.1) is 10.5 Å². The first-order chi connectivity index (χ1) is 19.6. The van der Waals surface area contributed by atoms with E-state index in [-0.39, 0.29) is 40.8 Å². The molecule has 41 heavy (non-hydrogen) atoms. The van der Waals surface area contributed by atoms with Crippen LogP contribution in [0.25, 0.3) is 0 Å². The average Bonchev–Trinajstić information content (AvgIpc) is 3.27. The first-order valence-electron chi connectivity index (χ1n) is 14.2. The van der Waals surface area contributed by atoms with Crippen molar-refractivity contribution in [1.29, 1.82) is 0 Å². The molecule has 2 N–H and O–H groups in total. The molecule has 1 unspecified atom stereocenters. The topological polar surface area (TPSA) is 110 Å². The van der Waals surface area contributed by atoms with Crippen molar-refractivity contribution in [2.24, 2.45) is 28.6 Å². The summed E-state index contributed by atoms with van der Waals surface area (Å²) in [5, 5.41) is 20.3. The zero-order valence-electron chi connectivity index (χ0n) is 23.2. The average molecular weight is 575 g/mol. The molecule has 0 heterocycles. The van der Waals surface area contributed by atoms with Crippen LogP contribution in [0.4, 0.5) is 0 Å². The van der Waals surface area contributed by atoms with Crippen LogP contribution in [0.15, 0.2) is 82.1 Å². The molecule has 7 nitrogen and oxygen atoms in total. The van der Waals surface area contributed by atoms with Gasteiger partial charge in [-0.2, -0.15) is 5.26 Å². The largest absolute Gasteiger partial charge is 0.507 e. The minimum Gasteiger partial charge on any atom is -0.507 e. The van der Waals surface area contributed by atoms with E-state index < -0.39 is 23.0 Å². The van der Waals surface area contributed by atoms with Crippen LogP contribution in [0, 0.1) is 28.6 Å². The number of ketones is 1. The number of hydrogen-bond donors (Lipinski definition) is 2. The molecule has 214 valence electrons. The Hall–Kier alpha value is -3.36. The maximum absolute atomic E-state index is 13.5. The van der Waals surface area contributed by atoms with E-state index in [2.05, 4.69) is 17.9 Å². The normalized spacial score (nSPS) is 33.7. The molecular formula is C33H34O7S. The SMILES string of the molecule is C[C@]12C=CC(=O)C=C1CC[C@@H]1[C@@H]2CC[C@@]2(C)[C@H]1CCC2(OC(=O)c1ccc(Sc2ccccc2)c(O)c1)C(=O)OO. The molecule has 6 atom stereocenters. The predicted octanol–water partition coefficient (Wildman–Crippen LogP) is 6.76. The number of fused-ring (bicyclic) bond motifs is 5. The molecule has 0 aliphatic heterocycles. The fourth-order valence-electron chi connectivity index (χ4n) is 8.38. The summed E-state index contributed by atoms with van der Waals surface area (Å²) in [6, 6.07) is 14.2. The number of phenolic OH excluding ortho intramolecular Hbond substituents is 1. The molecule has 4 aliphatic carbocycles. The van der Waals surface area contributed by atoms with Crippen LogP contribution in [0.5, 0.6) is 5.75 Å². The van der Waals surface area contributed by atoms with Crippen molar-refractivity contribution in [2.45, 2.75) is 67.8 Å². The van der Waals surface area contributed by atoms with Crippen molar-refractivity contribution >= 4 is 29.5 Å². The summed E-state index contributed by atoms with van der Waals surface area (Å²) < 4.78 is 6.09. The summed E-state index contributed by atoms with van der Waals surface area (Å²) in [5.41, 5.74) is -1.33. The van der Waals surface area contributed by atoms with Gasteiger partial charge < -0.3 is 9.84 Å². The van der Waals surface area contributed by atoms with E-state index in [4.69, 9.17) is 4.74 Å². The molecule has 3 fully saturated rings. The number of esters is 1. The summed E-state index contributed by atoms with van der Waals surface area (Å²) in [6.07, 6.45) is 9.48. The standard InChI is InChI=1S/C33H34O7S/c1-31-15-12-22(34)19-21(31)9-10-24-25(31)13-16-32(2)26(24)14-17-33(32,30(37)40-38)39-29(36)20-8-11-28(27(35)18-20)41-23-6-4-3-5-7-23/h3-8,11-12,15,18-19,24-26,35,38H,9-10,13-14,16-17H2,1-2H3/t24-,25+,26+,31+,32+,33?/m1/s1. The second kappa shape index (κ2) is 10.2. The van der Waals surface area contributed by atoms with Gasteiger partial charge in [-0.1, -0.05) is 55.5 Å². The number of allylic oxidation sites excluding steroid dienone is 4. The molecule has 2 aromatic rings. The van der Waals surface area contributed by atoms with Crippen LogP contribution >= 0.6 is 11.8 Å². The van der Waals surface area contributed by atoms with Gasteiger partial charge in [0.1, 0.15) is 5.75 Å². The highest BCUT2D eigenvalue weighted by Gasteiger charge is 2.70. The molecule has 8 heteroatoms.